The number of hydrogen-bond donors (Lipinski definition) is 0. The molecule has 0 aromatic heterocycles. The molecular weight excluding hydrogens is 168 g/mol. The zero-order chi connectivity index (χ0) is 10.9. The quantitative estimate of drug-likeness (QED) is 0.532. The van der Waals surface area contributed by atoms with Crippen molar-refractivity contribution >= 4 is 0 Å². The van der Waals surface area contributed by atoms with Crippen LogP contribution >= 0.6 is 0 Å². The van der Waals surface area contributed by atoms with Crippen LogP contribution in [0.3, 0.4) is 0 Å². The topological polar surface area (TPSA) is 0 Å². The van der Waals surface area contributed by atoms with Crippen LogP contribution in [0, 0.1) is 23.2 Å². The highest BCUT2D eigenvalue weighted by molar-refractivity contribution is 5.23. The molecule has 0 aromatic carbocycles. The average Bonchev–Trinajstić information content (AvgIpc) is 2.19. The molecule has 2 bridgehead atoms. The number of rotatable bonds is 1. The van der Waals surface area contributed by atoms with E-state index >= 15 is 0 Å². The van der Waals surface area contributed by atoms with Crippen molar-refractivity contribution in [1.82, 2.24) is 0 Å². The number of allylic oxidation sites excluding steroid dienone is 2. The van der Waals surface area contributed by atoms with Crippen molar-refractivity contribution in [2.75, 3.05) is 0 Å². The van der Waals surface area contributed by atoms with Crippen LogP contribution in [0.4, 0.5) is 0 Å². The number of fused-ring (bicyclic) bond motifs is 1. The lowest BCUT2D eigenvalue weighted by atomic mass is 9.46. The van der Waals surface area contributed by atoms with Crippen molar-refractivity contribution < 1.29 is 0 Å². The maximum Gasteiger partial charge on any atom is -0.0149 e. The minimum atomic E-state index is 0.611. The Bertz CT molecular complexity index is 222. The third-order valence-electron chi connectivity index (χ3n) is 4.36. The Kier molecular flexibility index (Phi) is 3.44. The van der Waals surface area contributed by atoms with Crippen molar-refractivity contribution in [3.63, 3.8) is 0 Å². The van der Waals surface area contributed by atoms with Crippen LogP contribution in [-0.4, -0.2) is 0 Å². The molecule has 3 unspecified atom stereocenters. The smallest absolute Gasteiger partial charge is 0.0149 e. The van der Waals surface area contributed by atoms with Gasteiger partial charge in [-0.3, -0.25) is 0 Å². The second kappa shape index (κ2) is 4.08. The van der Waals surface area contributed by atoms with Crippen LogP contribution in [0.25, 0.3) is 0 Å². The van der Waals surface area contributed by atoms with Gasteiger partial charge in [-0.15, -0.1) is 0 Å². The summed E-state index contributed by atoms with van der Waals surface area (Å²) in [4.78, 5) is 0. The summed E-state index contributed by atoms with van der Waals surface area (Å²) >= 11 is 0. The maximum absolute atomic E-state index is 2.53. The Hall–Kier alpha value is -0.260. The highest BCUT2D eigenvalue weighted by Crippen LogP contribution is 2.61. The van der Waals surface area contributed by atoms with Gasteiger partial charge >= 0.3 is 0 Å². The summed E-state index contributed by atoms with van der Waals surface area (Å²) < 4.78 is 0. The van der Waals surface area contributed by atoms with Crippen LogP contribution in [-0.2, 0) is 0 Å². The van der Waals surface area contributed by atoms with Gasteiger partial charge in [0.25, 0.3) is 0 Å². The van der Waals surface area contributed by atoms with Gasteiger partial charge in [-0.1, -0.05) is 46.3 Å². The van der Waals surface area contributed by atoms with Gasteiger partial charge in [0.15, 0.2) is 0 Å². The second-order valence-corrected chi connectivity index (χ2v) is 5.20. The molecule has 0 heterocycles. The first-order valence-corrected chi connectivity index (χ1v) is 6.25. The first kappa shape index (κ1) is 11.8. The molecular formula is C14H26. The molecule has 0 heteroatoms. The normalized spacial score (nSPS) is 37.6. The monoisotopic (exact) mass is 194 g/mol. The van der Waals surface area contributed by atoms with Gasteiger partial charge < -0.3 is 0 Å². The third kappa shape index (κ3) is 1.53. The van der Waals surface area contributed by atoms with E-state index in [2.05, 4.69) is 33.8 Å². The van der Waals surface area contributed by atoms with E-state index in [0.717, 1.165) is 17.8 Å². The van der Waals surface area contributed by atoms with Gasteiger partial charge in [0.2, 0.25) is 0 Å². The SMILES string of the molecule is CC.CCC1C=C(C)C2CC1C2(C)C. The predicted octanol–water partition coefficient (Wildman–Crippen LogP) is 4.66. The lowest BCUT2D eigenvalue weighted by molar-refractivity contribution is -0.0400. The first-order chi connectivity index (χ1) is 6.57. The lowest BCUT2D eigenvalue weighted by Crippen LogP contribution is -2.51. The third-order valence-corrected chi connectivity index (χ3v) is 4.36. The van der Waals surface area contributed by atoms with Crippen molar-refractivity contribution in [2.24, 2.45) is 23.2 Å². The molecule has 0 amide bonds. The predicted molar refractivity (Wildman–Crippen MR) is 64.3 cm³/mol. The Labute approximate surface area is 89.8 Å². The van der Waals surface area contributed by atoms with E-state index in [-0.39, 0.29) is 0 Å². The van der Waals surface area contributed by atoms with Crippen LogP contribution in [0.15, 0.2) is 11.6 Å². The maximum atomic E-state index is 2.53. The van der Waals surface area contributed by atoms with Crippen LogP contribution in [0.5, 0.6) is 0 Å². The van der Waals surface area contributed by atoms with Crippen molar-refractivity contribution in [3.8, 4) is 0 Å². The van der Waals surface area contributed by atoms with E-state index < -0.39 is 0 Å². The molecule has 3 rings (SSSR count). The van der Waals surface area contributed by atoms with Gasteiger partial charge in [0, 0.05) is 0 Å². The molecule has 0 spiro atoms. The molecule has 0 N–H and O–H groups in total. The highest BCUT2D eigenvalue weighted by Gasteiger charge is 2.53. The van der Waals surface area contributed by atoms with Gasteiger partial charge in [-0.2, -0.15) is 0 Å². The second-order valence-electron chi connectivity index (χ2n) is 5.20. The molecule has 82 valence electrons. The average molecular weight is 194 g/mol. The molecule has 3 aliphatic carbocycles. The van der Waals surface area contributed by atoms with Gasteiger partial charge in [0.1, 0.15) is 0 Å². The minimum absolute atomic E-state index is 0.611. The van der Waals surface area contributed by atoms with E-state index in [1.165, 1.54) is 12.8 Å². The van der Waals surface area contributed by atoms with E-state index in [4.69, 9.17) is 0 Å². The van der Waals surface area contributed by atoms with Crippen molar-refractivity contribution in [3.05, 3.63) is 11.6 Å². The summed E-state index contributed by atoms with van der Waals surface area (Å²) in [7, 11) is 0. The van der Waals surface area contributed by atoms with Gasteiger partial charge in [-0.25, -0.2) is 0 Å². The van der Waals surface area contributed by atoms with Crippen LogP contribution in [0.1, 0.15) is 54.4 Å². The van der Waals surface area contributed by atoms with E-state index in [1.807, 2.05) is 13.8 Å². The molecule has 3 aliphatic rings. The lowest BCUT2D eigenvalue weighted by Gasteiger charge is -2.59. The van der Waals surface area contributed by atoms with Crippen LogP contribution < -0.4 is 0 Å². The Balaban J connectivity index is 0.000000461. The Morgan fingerprint density at radius 3 is 2.29 bits per heavy atom. The fourth-order valence-corrected chi connectivity index (χ4v) is 3.43. The largest absolute Gasteiger partial charge is 0.0819 e. The van der Waals surface area contributed by atoms with Crippen molar-refractivity contribution in [1.29, 1.82) is 0 Å². The molecule has 1 saturated carbocycles. The van der Waals surface area contributed by atoms with E-state index in [9.17, 15) is 0 Å². The van der Waals surface area contributed by atoms with Crippen LogP contribution in [0.2, 0.25) is 0 Å². The Morgan fingerprint density at radius 1 is 1.36 bits per heavy atom. The summed E-state index contributed by atoms with van der Waals surface area (Å²) in [6.07, 6.45) is 5.33. The molecule has 0 aromatic rings. The van der Waals surface area contributed by atoms with Gasteiger partial charge in [-0.05, 0) is 42.9 Å². The molecule has 3 atom stereocenters. The summed E-state index contributed by atoms with van der Waals surface area (Å²) in [6, 6.07) is 0. The van der Waals surface area contributed by atoms with E-state index in [0.29, 0.717) is 5.41 Å². The summed E-state index contributed by atoms with van der Waals surface area (Å²) in [5, 5.41) is 0. The fourth-order valence-electron chi connectivity index (χ4n) is 3.43. The Morgan fingerprint density at radius 2 is 1.93 bits per heavy atom. The fraction of sp³-hybridized carbons (Fsp3) is 0.857. The standard InChI is InChI=1S/C12H20.C2H6/c1-5-9-6-8(2)10-7-11(9)12(10,3)4;1-2/h6,9-11H,5,7H2,1-4H3;1-2H3. The molecule has 0 saturated heterocycles. The molecule has 1 fully saturated rings. The summed E-state index contributed by atoms with van der Waals surface area (Å²) in [5.41, 5.74) is 2.27. The highest BCUT2D eigenvalue weighted by atomic mass is 14.6. The minimum Gasteiger partial charge on any atom is -0.0819 e. The van der Waals surface area contributed by atoms with Crippen molar-refractivity contribution in [2.45, 2.75) is 54.4 Å². The molecule has 0 radical (unpaired) electrons. The zero-order valence-electron chi connectivity index (χ0n) is 10.7. The van der Waals surface area contributed by atoms with Gasteiger partial charge in [0.05, 0.1) is 0 Å². The first-order valence-electron chi connectivity index (χ1n) is 6.25. The number of hydrogen-bond acceptors (Lipinski definition) is 0. The van der Waals surface area contributed by atoms with E-state index in [1.54, 1.807) is 5.57 Å². The summed E-state index contributed by atoms with van der Waals surface area (Å²) in [5.74, 6) is 2.77. The zero-order valence-corrected chi connectivity index (χ0v) is 10.7. The molecule has 14 heavy (non-hydrogen) atoms. The molecule has 0 aliphatic heterocycles. The molecule has 0 nitrogen and oxygen atoms in total. The summed E-state index contributed by atoms with van der Waals surface area (Å²) in [6.45, 7) is 13.5.